The Hall–Kier alpha value is -1.54. The molecule has 0 fully saturated rings. The molecular formula is C8H8ClN3O2. The van der Waals surface area contributed by atoms with Crippen molar-refractivity contribution in [2.75, 3.05) is 5.88 Å². The molecule has 0 aliphatic heterocycles. The lowest BCUT2D eigenvalue weighted by atomic mass is 10.4. The van der Waals surface area contributed by atoms with Gasteiger partial charge in [-0.2, -0.15) is 4.98 Å². The van der Waals surface area contributed by atoms with E-state index >= 15 is 0 Å². The second-order valence-corrected chi connectivity index (χ2v) is 2.90. The van der Waals surface area contributed by atoms with Gasteiger partial charge in [-0.15, -0.1) is 11.6 Å². The smallest absolute Gasteiger partial charge is 0.356 e. The first-order chi connectivity index (χ1) is 6.65. The fraction of sp³-hybridized carbons (Fsp3) is 0.375. The summed E-state index contributed by atoms with van der Waals surface area (Å²) in [6.07, 6.45) is 0.491. The van der Waals surface area contributed by atoms with E-state index in [1.807, 2.05) is 0 Å². The molecule has 0 atom stereocenters. The average Bonchev–Trinajstić information content (AvgIpc) is 2.47. The Morgan fingerprint density at radius 2 is 2.43 bits per heavy atom. The fourth-order valence-corrected chi connectivity index (χ4v) is 0.986. The number of nitrogens with zero attached hydrogens (tertiary/aromatic N) is 2. The van der Waals surface area contributed by atoms with Gasteiger partial charge in [0, 0.05) is 19.2 Å². The van der Waals surface area contributed by atoms with E-state index in [4.69, 9.17) is 11.6 Å². The van der Waals surface area contributed by atoms with Crippen molar-refractivity contribution in [3.63, 3.8) is 0 Å². The predicted molar refractivity (Wildman–Crippen MR) is 52.2 cm³/mol. The summed E-state index contributed by atoms with van der Waals surface area (Å²) in [6.45, 7) is 1.64. The molecule has 0 aromatic carbocycles. The molecular weight excluding hydrogens is 206 g/mol. The third kappa shape index (κ3) is 2.47. The number of aryl methyl sites for hydroxylation is 1. The van der Waals surface area contributed by atoms with Crippen LogP contribution in [0.15, 0.2) is 0 Å². The van der Waals surface area contributed by atoms with Crippen LogP contribution in [-0.4, -0.2) is 20.8 Å². The van der Waals surface area contributed by atoms with E-state index in [0.717, 1.165) is 0 Å². The number of imidazole rings is 1. The molecule has 14 heavy (non-hydrogen) atoms. The quantitative estimate of drug-likeness (QED) is 0.351. The topological polar surface area (TPSA) is 71.8 Å². The lowest BCUT2D eigenvalue weighted by Crippen LogP contribution is -1.90. The molecule has 0 saturated carbocycles. The van der Waals surface area contributed by atoms with Crippen LogP contribution in [0.4, 0.5) is 5.82 Å². The van der Waals surface area contributed by atoms with Gasteiger partial charge in [-0.3, -0.25) is 0 Å². The molecule has 0 spiro atoms. The van der Waals surface area contributed by atoms with E-state index in [9.17, 15) is 10.1 Å². The zero-order valence-corrected chi connectivity index (χ0v) is 8.26. The van der Waals surface area contributed by atoms with Crippen molar-refractivity contribution in [3.05, 3.63) is 21.6 Å². The van der Waals surface area contributed by atoms with Crippen molar-refractivity contribution >= 4 is 17.4 Å². The van der Waals surface area contributed by atoms with Crippen LogP contribution < -0.4 is 0 Å². The summed E-state index contributed by atoms with van der Waals surface area (Å²) < 4.78 is 0. The van der Waals surface area contributed by atoms with Gasteiger partial charge < -0.3 is 10.1 Å². The maximum Gasteiger partial charge on any atom is 0.356 e. The summed E-state index contributed by atoms with van der Waals surface area (Å²) in [5, 5.41) is 10.5. The number of halogens is 1. The first-order valence-corrected chi connectivity index (χ1v) is 4.44. The summed E-state index contributed by atoms with van der Waals surface area (Å²) in [7, 11) is 0. The molecule has 0 amide bonds. The zero-order valence-electron chi connectivity index (χ0n) is 7.50. The van der Waals surface area contributed by atoms with Crippen molar-refractivity contribution < 1.29 is 4.92 Å². The number of hydrogen-bond donors (Lipinski definition) is 1. The van der Waals surface area contributed by atoms with Crippen LogP contribution in [0, 0.1) is 28.9 Å². The van der Waals surface area contributed by atoms with Crippen LogP contribution >= 0.6 is 11.6 Å². The monoisotopic (exact) mass is 213 g/mol. The number of nitro groups is 1. The van der Waals surface area contributed by atoms with Gasteiger partial charge in [0.2, 0.25) is 5.69 Å². The molecule has 0 aliphatic rings. The van der Waals surface area contributed by atoms with E-state index in [1.54, 1.807) is 6.92 Å². The SMILES string of the molecule is Cc1nc(C#CCCCl)c([N+](=O)[O-])[nH]1. The Labute approximate surface area is 85.6 Å². The van der Waals surface area contributed by atoms with Gasteiger partial charge in [0.25, 0.3) is 0 Å². The Kier molecular flexibility index (Phi) is 3.48. The molecule has 1 aromatic heterocycles. The number of alkyl halides is 1. The van der Waals surface area contributed by atoms with Gasteiger partial charge in [0.1, 0.15) is 0 Å². The average molecular weight is 214 g/mol. The summed E-state index contributed by atoms with van der Waals surface area (Å²) in [5.41, 5.74) is 0.164. The minimum atomic E-state index is -0.537. The molecule has 1 heterocycles. The normalized spacial score (nSPS) is 9.29. The Bertz CT molecular complexity index is 402. The maximum atomic E-state index is 10.5. The van der Waals surface area contributed by atoms with Crippen LogP contribution in [0.2, 0.25) is 0 Å². The number of aromatic amines is 1. The molecule has 1 N–H and O–H groups in total. The van der Waals surface area contributed by atoms with Crippen molar-refractivity contribution in [1.29, 1.82) is 0 Å². The minimum Gasteiger partial charge on any atom is -0.358 e. The highest BCUT2D eigenvalue weighted by Crippen LogP contribution is 2.13. The van der Waals surface area contributed by atoms with Gasteiger partial charge in [0.05, 0.1) is 0 Å². The third-order valence-electron chi connectivity index (χ3n) is 1.41. The molecule has 1 aromatic rings. The van der Waals surface area contributed by atoms with Gasteiger partial charge in [0.15, 0.2) is 5.82 Å². The summed E-state index contributed by atoms with van der Waals surface area (Å²) >= 11 is 5.41. The molecule has 74 valence electrons. The van der Waals surface area contributed by atoms with Gasteiger partial charge in [-0.05, 0) is 10.8 Å². The number of aromatic nitrogens is 2. The Morgan fingerprint density at radius 3 is 3.00 bits per heavy atom. The summed E-state index contributed by atoms with van der Waals surface area (Å²) in [6, 6.07) is 0. The molecule has 0 unspecified atom stereocenters. The summed E-state index contributed by atoms with van der Waals surface area (Å²) in [4.78, 5) is 16.4. The molecule has 5 nitrogen and oxygen atoms in total. The van der Waals surface area contributed by atoms with E-state index in [2.05, 4.69) is 21.8 Å². The van der Waals surface area contributed by atoms with Crippen LogP contribution in [0.25, 0.3) is 0 Å². The van der Waals surface area contributed by atoms with E-state index in [1.165, 1.54) is 0 Å². The molecule has 0 bridgehead atoms. The van der Waals surface area contributed by atoms with Crippen molar-refractivity contribution in [3.8, 4) is 11.8 Å². The Balaban J connectivity index is 2.97. The van der Waals surface area contributed by atoms with Gasteiger partial charge in [-0.25, -0.2) is 4.98 Å². The highest BCUT2D eigenvalue weighted by Gasteiger charge is 2.15. The largest absolute Gasteiger partial charge is 0.358 e. The molecule has 6 heteroatoms. The standard InChI is InChI=1S/C8H8ClN3O2/c1-6-10-7(4-2-3-5-9)8(11-6)12(13)14/h3,5H2,1H3,(H,10,11). The summed E-state index contributed by atoms with van der Waals surface area (Å²) in [5.74, 6) is 6.01. The second-order valence-electron chi connectivity index (χ2n) is 2.52. The Morgan fingerprint density at radius 1 is 1.71 bits per heavy atom. The van der Waals surface area contributed by atoms with E-state index < -0.39 is 4.92 Å². The number of nitrogens with one attached hydrogen (secondary N) is 1. The maximum absolute atomic E-state index is 10.5. The first kappa shape index (κ1) is 10.5. The number of hydrogen-bond acceptors (Lipinski definition) is 3. The van der Waals surface area contributed by atoms with E-state index in [0.29, 0.717) is 18.1 Å². The third-order valence-corrected chi connectivity index (χ3v) is 1.60. The lowest BCUT2D eigenvalue weighted by Gasteiger charge is -1.87. The second kappa shape index (κ2) is 4.63. The molecule has 1 rings (SSSR count). The van der Waals surface area contributed by atoms with Crippen LogP contribution in [0.1, 0.15) is 17.9 Å². The lowest BCUT2D eigenvalue weighted by molar-refractivity contribution is -0.389. The fourth-order valence-electron chi connectivity index (χ4n) is 0.892. The molecule has 0 aliphatic carbocycles. The predicted octanol–water partition coefficient (Wildman–Crippen LogP) is 1.61. The van der Waals surface area contributed by atoms with Crippen molar-refractivity contribution in [1.82, 2.24) is 9.97 Å². The number of H-pyrrole nitrogens is 1. The zero-order chi connectivity index (χ0) is 10.6. The van der Waals surface area contributed by atoms with Crippen molar-refractivity contribution in [2.24, 2.45) is 0 Å². The van der Waals surface area contributed by atoms with Gasteiger partial charge in [-0.1, -0.05) is 5.92 Å². The van der Waals surface area contributed by atoms with Crippen LogP contribution in [0.3, 0.4) is 0 Å². The highest BCUT2D eigenvalue weighted by atomic mass is 35.5. The minimum absolute atomic E-state index is 0.162. The van der Waals surface area contributed by atoms with Gasteiger partial charge >= 0.3 is 5.82 Å². The van der Waals surface area contributed by atoms with E-state index in [-0.39, 0.29) is 11.5 Å². The number of rotatable bonds is 2. The molecule has 0 saturated heterocycles. The van der Waals surface area contributed by atoms with Crippen molar-refractivity contribution in [2.45, 2.75) is 13.3 Å². The van der Waals surface area contributed by atoms with Crippen LogP contribution in [-0.2, 0) is 0 Å². The van der Waals surface area contributed by atoms with Crippen LogP contribution in [0.5, 0.6) is 0 Å². The molecule has 0 radical (unpaired) electrons. The highest BCUT2D eigenvalue weighted by molar-refractivity contribution is 6.18. The first-order valence-electron chi connectivity index (χ1n) is 3.91.